The fourth-order valence-electron chi connectivity index (χ4n) is 4.69. The van der Waals surface area contributed by atoms with Crippen molar-refractivity contribution in [3.8, 4) is 0 Å². The fourth-order valence-corrected chi connectivity index (χ4v) is 5.61. The summed E-state index contributed by atoms with van der Waals surface area (Å²) in [6, 6.07) is 2.49. The van der Waals surface area contributed by atoms with E-state index >= 15 is 0 Å². The van der Waals surface area contributed by atoms with Crippen LogP contribution in [-0.4, -0.2) is 62.2 Å². The lowest BCUT2D eigenvalue weighted by Gasteiger charge is -2.38. The van der Waals surface area contributed by atoms with Crippen LogP contribution in [-0.2, 0) is 34.8 Å². The number of fused-ring (bicyclic) bond motifs is 3. The van der Waals surface area contributed by atoms with Gasteiger partial charge in [-0.2, -0.15) is 13.2 Å². The van der Waals surface area contributed by atoms with E-state index in [9.17, 15) is 31.8 Å². The van der Waals surface area contributed by atoms with Crippen LogP contribution in [0.3, 0.4) is 0 Å². The molecular weight excluding hydrogens is 551 g/mol. The SMILES string of the molecule is CC(C)O.CC(C)[C@H]1c2nc3cc(CO)c(S(C)(=O)=O)cc3n2CCN1c1ncc(C(C)(C)O)c(C(F)(F)F)n1. The second-order valence-corrected chi connectivity index (χ2v) is 12.9. The van der Waals surface area contributed by atoms with Gasteiger partial charge in [0, 0.05) is 37.2 Å². The molecule has 0 saturated heterocycles. The molecule has 0 fully saturated rings. The number of aliphatic hydroxyl groups excluding tert-OH is 2. The van der Waals surface area contributed by atoms with Crippen LogP contribution in [0.15, 0.2) is 23.2 Å². The van der Waals surface area contributed by atoms with Gasteiger partial charge in [-0.05, 0) is 51.3 Å². The van der Waals surface area contributed by atoms with E-state index in [0.29, 0.717) is 23.4 Å². The molecule has 3 aromatic rings. The minimum Gasteiger partial charge on any atom is -0.394 e. The Kier molecular flexibility index (Phi) is 8.90. The van der Waals surface area contributed by atoms with Crippen LogP contribution >= 0.6 is 0 Å². The highest BCUT2D eigenvalue weighted by molar-refractivity contribution is 7.90. The predicted molar refractivity (Wildman–Crippen MR) is 143 cm³/mol. The molecule has 1 aliphatic rings. The lowest BCUT2D eigenvalue weighted by Crippen LogP contribution is -2.42. The summed E-state index contributed by atoms with van der Waals surface area (Å²) >= 11 is 0. The molecule has 0 amide bonds. The molecule has 1 aromatic carbocycles. The molecule has 0 aliphatic carbocycles. The standard InChI is InChI=1S/C23H28F3N5O4S.C3H8O/c1-12(2)18-20-28-15-8-13(11-32)17(36(5,34)35)9-16(15)30(20)6-7-31(18)21-27-10-14(22(3,4)33)19(29-21)23(24,25)26;1-3(2)4/h8-10,12,18,32-33H,6-7,11H2,1-5H3;3-4H,1-2H3/t18-;/m0./s1. The third-order valence-corrected chi connectivity index (χ3v) is 7.47. The Morgan fingerprint density at radius 1 is 1.10 bits per heavy atom. The summed E-state index contributed by atoms with van der Waals surface area (Å²) in [5.74, 6) is 0.268. The first-order valence-electron chi connectivity index (χ1n) is 12.7. The summed E-state index contributed by atoms with van der Waals surface area (Å²) in [4.78, 5) is 14.4. The zero-order chi connectivity index (χ0) is 30.4. The highest BCUT2D eigenvalue weighted by Gasteiger charge is 2.42. The van der Waals surface area contributed by atoms with Gasteiger partial charge in [0.05, 0.1) is 34.2 Å². The number of aromatic nitrogens is 4. The average Bonchev–Trinajstić information content (AvgIpc) is 3.17. The van der Waals surface area contributed by atoms with Crippen LogP contribution in [0.1, 0.15) is 70.2 Å². The minimum atomic E-state index is -4.80. The van der Waals surface area contributed by atoms with Crippen molar-refractivity contribution in [2.45, 2.75) is 83.5 Å². The van der Waals surface area contributed by atoms with E-state index in [1.807, 2.05) is 18.4 Å². The van der Waals surface area contributed by atoms with Gasteiger partial charge >= 0.3 is 6.18 Å². The molecule has 0 saturated carbocycles. The summed E-state index contributed by atoms with van der Waals surface area (Å²) in [6.45, 7) is 9.78. The minimum absolute atomic E-state index is 0.00378. The molecule has 1 atom stereocenters. The van der Waals surface area contributed by atoms with Crippen molar-refractivity contribution in [3.63, 3.8) is 0 Å². The number of hydrogen-bond acceptors (Lipinski definition) is 9. The van der Waals surface area contributed by atoms with Gasteiger partial charge in [-0.3, -0.25) is 0 Å². The van der Waals surface area contributed by atoms with Crippen molar-refractivity contribution >= 4 is 26.8 Å². The number of aliphatic hydroxyl groups is 3. The predicted octanol–water partition coefficient (Wildman–Crippen LogP) is 3.57. The summed E-state index contributed by atoms with van der Waals surface area (Å²) in [5, 5.41) is 28.0. The van der Waals surface area contributed by atoms with E-state index in [0.717, 1.165) is 12.5 Å². The van der Waals surface area contributed by atoms with E-state index in [1.54, 1.807) is 18.7 Å². The molecule has 0 unspecified atom stereocenters. The molecule has 14 heteroatoms. The molecule has 3 N–H and O–H groups in total. The number of benzene rings is 1. The Morgan fingerprint density at radius 3 is 2.17 bits per heavy atom. The van der Waals surface area contributed by atoms with Crippen molar-refractivity contribution in [3.05, 3.63) is 41.0 Å². The third-order valence-electron chi connectivity index (χ3n) is 6.29. The number of imidazole rings is 1. The average molecular weight is 588 g/mol. The van der Waals surface area contributed by atoms with Gasteiger partial charge < -0.3 is 24.8 Å². The van der Waals surface area contributed by atoms with E-state index in [4.69, 9.17) is 5.11 Å². The topological polar surface area (TPSA) is 142 Å². The number of sulfone groups is 1. The van der Waals surface area contributed by atoms with Gasteiger partial charge in [0.1, 0.15) is 5.82 Å². The molecule has 10 nitrogen and oxygen atoms in total. The van der Waals surface area contributed by atoms with Crippen molar-refractivity contribution < 1.29 is 36.9 Å². The Labute approximate surface area is 231 Å². The van der Waals surface area contributed by atoms with Crippen molar-refractivity contribution in [2.24, 2.45) is 5.92 Å². The second-order valence-electron chi connectivity index (χ2n) is 11.0. The number of anilines is 1. The molecule has 3 heterocycles. The molecule has 222 valence electrons. The summed E-state index contributed by atoms with van der Waals surface area (Å²) in [7, 11) is -3.62. The van der Waals surface area contributed by atoms with Crippen LogP contribution in [0.2, 0.25) is 0 Å². The number of hydrogen-bond donors (Lipinski definition) is 3. The highest BCUT2D eigenvalue weighted by atomic mass is 32.2. The molecular formula is C26H36F3N5O5S. The van der Waals surface area contributed by atoms with Gasteiger partial charge in [-0.25, -0.2) is 23.4 Å². The maximum absolute atomic E-state index is 13.9. The van der Waals surface area contributed by atoms with Crippen LogP contribution in [0.25, 0.3) is 11.0 Å². The molecule has 1 aliphatic heterocycles. The Morgan fingerprint density at radius 2 is 1.70 bits per heavy atom. The van der Waals surface area contributed by atoms with Gasteiger partial charge in [0.15, 0.2) is 15.5 Å². The summed E-state index contributed by atoms with van der Waals surface area (Å²) in [5.41, 5.74) is -2.16. The van der Waals surface area contributed by atoms with E-state index < -0.39 is 45.5 Å². The van der Waals surface area contributed by atoms with E-state index in [1.165, 1.54) is 26.0 Å². The Bertz CT molecular complexity index is 1480. The molecule has 4 rings (SSSR count). The molecule has 2 aromatic heterocycles. The first-order chi connectivity index (χ1) is 18.3. The quantitative estimate of drug-likeness (QED) is 0.408. The van der Waals surface area contributed by atoms with Crippen molar-refractivity contribution in [1.82, 2.24) is 19.5 Å². The second kappa shape index (κ2) is 11.2. The maximum atomic E-state index is 13.9. The first kappa shape index (κ1) is 31.7. The summed E-state index contributed by atoms with van der Waals surface area (Å²) in [6.07, 6.45) is -2.90. The van der Waals surface area contributed by atoms with E-state index in [-0.39, 0.29) is 35.0 Å². The van der Waals surface area contributed by atoms with Crippen LogP contribution in [0, 0.1) is 5.92 Å². The number of halogens is 3. The first-order valence-corrected chi connectivity index (χ1v) is 14.6. The smallest absolute Gasteiger partial charge is 0.394 e. The van der Waals surface area contributed by atoms with Crippen LogP contribution in [0.5, 0.6) is 0 Å². The highest BCUT2D eigenvalue weighted by Crippen LogP contribution is 2.40. The normalized spacial score (nSPS) is 16.4. The Balaban J connectivity index is 0.00000103. The Hall–Kier alpha value is -2.81. The molecule has 0 bridgehead atoms. The number of nitrogens with zero attached hydrogens (tertiary/aromatic N) is 5. The molecule has 40 heavy (non-hydrogen) atoms. The zero-order valence-electron chi connectivity index (χ0n) is 23.5. The summed E-state index contributed by atoms with van der Waals surface area (Å²) < 4.78 is 68.0. The number of alkyl halides is 3. The van der Waals surface area contributed by atoms with Gasteiger partial charge in [0.25, 0.3) is 0 Å². The lowest BCUT2D eigenvalue weighted by atomic mass is 9.97. The van der Waals surface area contributed by atoms with Gasteiger partial charge in [-0.15, -0.1) is 0 Å². The largest absolute Gasteiger partial charge is 0.433 e. The van der Waals surface area contributed by atoms with Gasteiger partial charge in [-0.1, -0.05) is 13.8 Å². The monoisotopic (exact) mass is 587 g/mol. The molecule has 0 radical (unpaired) electrons. The number of rotatable bonds is 5. The fraction of sp³-hybridized carbons (Fsp3) is 0.577. The lowest BCUT2D eigenvalue weighted by molar-refractivity contribution is -0.144. The molecule has 0 spiro atoms. The van der Waals surface area contributed by atoms with Crippen LogP contribution in [0.4, 0.5) is 19.1 Å². The third kappa shape index (κ3) is 6.56. The van der Waals surface area contributed by atoms with E-state index in [2.05, 4.69) is 15.0 Å². The van der Waals surface area contributed by atoms with Crippen molar-refractivity contribution in [1.29, 1.82) is 0 Å². The van der Waals surface area contributed by atoms with Gasteiger partial charge in [0.2, 0.25) is 5.95 Å². The van der Waals surface area contributed by atoms with Crippen molar-refractivity contribution in [2.75, 3.05) is 17.7 Å². The maximum Gasteiger partial charge on any atom is 0.433 e. The van der Waals surface area contributed by atoms with Crippen LogP contribution < -0.4 is 4.90 Å². The zero-order valence-corrected chi connectivity index (χ0v) is 24.3.